The van der Waals surface area contributed by atoms with Gasteiger partial charge in [0.05, 0.1) is 0 Å². The normalized spacial score (nSPS) is 12.2. The molecule has 1 unspecified atom stereocenters. The molecule has 0 aliphatic heterocycles. The van der Waals surface area contributed by atoms with Crippen molar-refractivity contribution in [3.8, 4) is 0 Å². The molecule has 0 bridgehead atoms. The van der Waals surface area contributed by atoms with Crippen LogP contribution in [0.5, 0.6) is 0 Å². The van der Waals surface area contributed by atoms with Crippen LogP contribution < -0.4 is 0 Å². The van der Waals surface area contributed by atoms with Gasteiger partial charge >= 0.3 is 0 Å². The van der Waals surface area contributed by atoms with E-state index in [0.717, 1.165) is 0 Å². The van der Waals surface area contributed by atoms with Crippen LogP contribution in [0, 0.1) is 18.7 Å². The summed E-state index contributed by atoms with van der Waals surface area (Å²) in [6.07, 6.45) is 0.232. The highest BCUT2D eigenvalue weighted by Crippen LogP contribution is 2.17. The van der Waals surface area contributed by atoms with Crippen molar-refractivity contribution in [3.63, 3.8) is 0 Å². The van der Waals surface area contributed by atoms with Gasteiger partial charge in [-0.1, -0.05) is 6.92 Å². The first-order valence-corrected chi connectivity index (χ1v) is 5.21. The third-order valence-electron chi connectivity index (χ3n) is 2.50. The van der Waals surface area contributed by atoms with Crippen LogP contribution in [0.4, 0.5) is 4.39 Å². The SMILES string of the molecule is CC(=O)CC(C)C(=O)c1ccc(F)cc1C. The monoisotopic (exact) mass is 222 g/mol. The van der Waals surface area contributed by atoms with E-state index in [4.69, 9.17) is 0 Å². The van der Waals surface area contributed by atoms with Gasteiger partial charge in [0, 0.05) is 17.9 Å². The first-order valence-electron chi connectivity index (χ1n) is 5.21. The Morgan fingerprint density at radius 2 is 2.00 bits per heavy atom. The van der Waals surface area contributed by atoms with Crippen molar-refractivity contribution < 1.29 is 14.0 Å². The van der Waals surface area contributed by atoms with Gasteiger partial charge in [-0.15, -0.1) is 0 Å². The van der Waals surface area contributed by atoms with E-state index >= 15 is 0 Å². The first-order chi connectivity index (χ1) is 7.41. The molecule has 0 saturated heterocycles. The van der Waals surface area contributed by atoms with E-state index in [1.165, 1.54) is 25.1 Å². The predicted molar refractivity (Wildman–Crippen MR) is 59.9 cm³/mol. The molecule has 2 nitrogen and oxygen atoms in total. The van der Waals surface area contributed by atoms with Crippen LogP contribution in [0.3, 0.4) is 0 Å². The van der Waals surface area contributed by atoms with Gasteiger partial charge in [-0.3, -0.25) is 4.79 Å². The number of halogens is 1. The molecule has 0 saturated carbocycles. The molecule has 0 radical (unpaired) electrons. The topological polar surface area (TPSA) is 34.1 Å². The molecule has 0 heterocycles. The molecular weight excluding hydrogens is 207 g/mol. The predicted octanol–water partition coefficient (Wildman–Crippen LogP) is 2.93. The lowest BCUT2D eigenvalue weighted by Gasteiger charge is -2.10. The van der Waals surface area contributed by atoms with Crippen molar-refractivity contribution in [2.45, 2.75) is 27.2 Å². The van der Waals surface area contributed by atoms with E-state index in [9.17, 15) is 14.0 Å². The summed E-state index contributed by atoms with van der Waals surface area (Å²) in [6, 6.07) is 4.07. The summed E-state index contributed by atoms with van der Waals surface area (Å²) < 4.78 is 12.9. The molecule has 3 heteroatoms. The Kier molecular flexibility index (Phi) is 3.93. The Hall–Kier alpha value is -1.51. The summed E-state index contributed by atoms with van der Waals surface area (Å²) in [6.45, 7) is 4.87. The standard InChI is InChI=1S/C13H15FO2/c1-8-7-11(14)4-5-12(8)13(16)9(2)6-10(3)15/h4-5,7,9H,6H2,1-3H3. The minimum absolute atomic E-state index is 0.0133. The summed E-state index contributed by atoms with van der Waals surface area (Å²) in [5.74, 6) is -0.816. The molecule has 0 spiro atoms. The second kappa shape index (κ2) is 5.01. The van der Waals surface area contributed by atoms with E-state index in [1.54, 1.807) is 13.8 Å². The highest BCUT2D eigenvalue weighted by molar-refractivity contribution is 6.00. The third kappa shape index (κ3) is 2.99. The highest BCUT2D eigenvalue weighted by Gasteiger charge is 2.18. The molecular formula is C13H15FO2. The minimum atomic E-state index is -0.353. The number of carbonyl (C=O) groups excluding carboxylic acids is 2. The van der Waals surface area contributed by atoms with E-state index in [2.05, 4.69) is 0 Å². The first kappa shape index (κ1) is 12.6. The Labute approximate surface area is 94.5 Å². The van der Waals surface area contributed by atoms with E-state index < -0.39 is 0 Å². The van der Waals surface area contributed by atoms with Crippen LogP contribution in [-0.2, 0) is 4.79 Å². The van der Waals surface area contributed by atoms with Crippen molar-refractivity contribution in [3.05, 3.63) is 35.1 Å². The van der Waals surface area contributed by atoms with Crippen LogP contribution in [0.2, 0.25) is 0 Å². The quantitative estimate of drug-likeness (QED) is 0.734. The van der Waals surface area contributed by atoms with Gasteiger partial charge in [0.1, 0.15) is 11.6 Å². The molecule has 0 aliphatic rings. The lowest BCUT2D eigenvalue weighted by atomic mass is 9.92. The van der Waals surface area contributed by atoms with Crippen molar-refractivity contribution in [1.29, 1.82) is 0 Å². The maximum atomic E-state index is 12.9. The highest BCUT2D eigenvalue weighted by atomic mass is 19.1. The van der Waals surface area contributed by atoms with Crippen molar-refractivity contribution in [2.75, 3.05) is 0 Å². The molecule has 0 aromatic heterocycles. The van der Waals surface area contributed by atoms with Gasteiger partial charge < -0.3 is 4.79 Å². The van der Waals surface area contributed by atoms with E-state index in [0.29, 0.717) is 11.1 Å². The average molecular weight is 222 g/mol. The zero-order valence-electron chi connectivity index (χ0n) is 9.71. The summed E-state index contributed by atoms with van der Waals surface area (Å²) in [4.78, 5) is 22.9. The fourth-order valence-corrected chi connectivity index (χ4v) is 1.69. The Bertz CT molecular complexity index is 424. The number of rotatable bonds is 4. The number of benzene rings is 1. The summed E-state index contributed by atoms with van der Waals surface area (Å²) in [5, 5.41) is 0. The molecule has 0 aliphatic carbocycles. The van der Waals surface area contributed by atoms with Gasteiger partial charge in [0.2, 0.25) is 0 Å². The van der Waals surface area contributed by atoms with Gasteiger partial charge in [0.25, 0.3) is 0 Å². The molecule has 1 atom stereocenters. The van der Waals surface area contributed by atoms with Crippen molar-refractivity contribution in [2.24, 2.45) is 5.92 Å². The molecule has 1 aromatic rings. The Morgan fingerprint density at radius 1 is 1.38 bits per heavy atom. The second-order valence-corrected chi connectivity index (χ2v) is 4.13. The molecule has 0 fully saturated rings. The van der Waals surface area contributed by atoms with Crippen LogP contribution in [-0.4, -0.2) is 11.6 Å². The molecule has 16 heavy (non-hydrogen) atoms. The van der Waals surface area contributed by atoms with Crippen LogP contribution in [0.1, 0.15) is 36.2 Å². The summed E-state index contributed by atoms with van der Waals surface area (Å²) in [5.41, 5.74) is 1.11. The molecule has 1 rings (SSSR count). The number of hydrogen-bond donors (Lipinski definition) is 0. The second-order valence-electron chi connectivity index (χ2n) is 4.13. The van der Waals surface area contributed by atoms with Gasteiger partial charge in [-0.2, -0.15) is 0 Å². The van der Waals surface area contributed by atoms with E-state index in [1.807, 2.05) is 0 Å². The summed E-state index contributed by atoms with van der Waals surface area (Å²) >= 11 is 0. The number of hydrogen-bond acceptors (Lipinski definition) is 2. The molecule has 0 N–H and O–H groups in total. The Morgan fingerprint density at radius 3 is 2.50 bits per heavy atom. The third-order valence-corrected chi connectivity index (χ3v) is 2.50. The zero-order chi connectivity index (χ0) is 12.3. The summed E-state index contributed by atoms with van der Waals surface area (Å²) in [7, 11) is 0. The van der Waals surface area contributed by atoms with Crippen molar-refractivity contribution >= 4 is 11.6 Å². The zero-order valence-corrected chi connectivity index (χ0v) is 9.71. The van der Waals surface area contributed by atoms with Gasteiger partial charge in [-0.05, 0) is 37.6 Å². The largest absolute Gasteiger partial charge is 0.300 e. The van der Waals surface area contributed by atoms with Crippen molar-refractivity contribution in [1.82, 2.24) is 0 Å². The number of ketones is 2. The number of aryl methyl sites for hydroxylation is 1. The van der Waals surface area contributed by atoms with Gasteiger partial charge in [-0.25, -0.2) is 4.39 Å². The maximum absolute atomic E-state index is 12.9. The average Bonchev–Trinajstić information content (AvgIpc) is 2.15. The lowest BCUT2D eigenvalue weighted by molar-refractivity contribution is -0.117. The number of Topliss-reactive ketones (excluding diaryl/α,β-unsaturated/α-hetero) is 2. The maximum Gasteiger partial charge on any atom is 0.166 e. The fourth-order valence-electron chi connectivity index (χ4n) is 1.69. The smallest absolute Gasteiger partial charge is 0.166 e. The fraction of sp³-hybridized carbons (Fsp3) is 0.385. The minimum Gasteiger partial charge on any atom is -0.300 e. The lowest BCUT2D eigenvalue weighted by Crippen LogP contribution is -2.15. The van der Waals surface area contributed by atoms with Crippen LogP contribution in [0.25, 0.3) is 0 Å². The van der Waals surface area contributed by atoms with Gasteiger partial charge in [0.15, 0.2) is 5.78 Å². The molecule has 0 amide bonds. The van der Waals surface area contributed by atoms with E-state index in [-0.39, 0.29) is 29.7 Å². The number of carbonyl (C=O) groups is 2. The molecule has 1 aromatic carbocycles. The Balaban J connectivity index is 2.92. The van der Waals surface area contributed by atoms with Crippen LogP contribution in [0.15, 0.2) is 18.2 Å². The van der Waals surface area contributed by atoms with Crippen LogP contribution >= 0.6 is 0 Å². The molecule has 86 valence electrons.